The molecule has 6 heteroatoms. The minimum Gasteiger partial charge on any atom is -0.391 e. The molecule has 18 heavy (non-hydrogen) atoms. The zero-order valence-electron chi connectivity index (χ0n) is 10.5. The van der Waals surface area contributed by atoms with Crippen LogP contribution >= 0.6 is 0 Å². The van der Waals surface area contributed by atoms with Crippen molar-refractivity contribution < 1.29 is 14.8 Å². The summed E-state index contributed by atoms with van der Waals surface area (Å²) < 4.78 is 0. The first-order valence-electron chi connectivity index (χ1n) is 5.49. The van der Waals surface area contributed by atoms with Gasteiger partial charge in [0.1, 0.15) is 5.56 Å². The van der Waals surface area contributed by atoms with Crippen molar-refractivity contribution in [3.05, 3.63) is 39.9 Å². The van der Waals surface area contributed by atoms with Gasteiger partial charge in [-0.1, -0.05) is 12.1 Å². The van der Waals surface area contributed by atoms with Crippen LogP contribution in [0.5, 0.6) is 0 Å². The average Bonchev–Trinajstić information content (AvgIpc) is 2.28. The Morgan fingerprint density at radius 2 is 2.00 bits per heavy atom. The van der Waals surface area contributed by atoms with Crippen LogP contribution in [0.4, 0.5) is 5.69 Å². The first-order valence-corrected chi connectivity index (χ1v) is 5.49. The molecule has 0 aliphatic rings. The second-order valence-corrected chi connectivity index (χ2v) is 4.63. The number of nitrogens with one attached hydrogen (secondary N) is 1. The predicted molar refractivity (Wildman–Crippen MR) is 66.3 cm³/mol. The number of aliphatic hydroxyl groups is 1. The summed E-state index contributed by atoms with van der Waals surface area (Å²) in [6.45, 7) is 4.83. The molecule has 1 unspecified atom stereocenters. The van der Waals surface area contributed by atoms with Crippen molar-refractivity contribution >= 4 is 11.6 Å². The zero-order chi connectivity index (χ0) is 13.9. The second kappa shape index (κ2) is 5.14. The summed E-state index contributed by atoms with van der Waals surface area (Å²) in [4.78, 5) is 22.2. The van der Waals surface area contributed by atoms with Crippen LogP contribution in [-0.4, -0.2) is 27.6 Å². The van der Waals surface area contributed by atoms with Crippen molar-refractivity contribution in [2.45, 2.75) is 32.4 Å². The topological polar surface area (TPSA) is 92.5 Å². The van der Waals surface area contributed by atoms with Crippen LogP contribution in [0.3, 0.4) is 0 Å². The van der Waals surface area contributed by atoms with Gasteiger partial charge < -0.3 is 10.4 Å². The number of carbonyl (C=O) groups is 1. The van der Waals surface area contributed by atoms with E-state index in [1.807, 2.05) is 0 Å². The molecule has 0 saturated carbocycles. The number of amides is 1. The van der Waals surface area contributed by atoms with Crippen LogP contribution < -0.4 is 5.32 Å². The molecule has 1 atom stereocenters. The number of benzene rings is 1. The highest BCUT2D eigenvalue weighted by molar-refractivity contribution is 5.98. The summed E-state index contributed by atoms with van der Waals surface area (Å²) in [5.41, 5.74) is -1.13. The van der Waals surface area contributed by atoms with Crippen molar-refractivity contribution in [3.8, 4) is 0 Å². The van der Waals surface area contributed by atoms with Gasteiger partial charge in [0.2, 0.25) is 0 Å². The molecular formula is C12H16N2O4. The first-order chi connectivity index (χ1) is 8.25. The molecule has 1 amide bonds. The second-order valence-electron chi connectivity index (χ2n) is 4.63. The van der Waals surface area contributed by atoms with Gasteiger partial charge in [0.25, 0.3) is 11.6 Å². The van der Waals surface area contributed by atoms with E-state index in [0.717, 1.165) is 0 Å². The number of nitro benzene ring substituents is 1. The lowest BCUT2D eigenvalue weighted by atomic mass is 9.98. The van der Waals surface area contributed by atoms with Gasteiger partial charge >= 0.3 is 0 Å². The minimum atomic E-state index is -0.860. The van der Waals surface area contributed by atoms with E-state index in [0.29, 0.717) is 0 Å². The van der Waals surface area contributed by atoms with Crippen LogP contribution in [0.2, 0.25) is 0 Å². The zero-order valence-corrected chi connectivity index (χ0v) is 10.5. The largest absolute Gasteiger partial charge is 0.391 e. The molecule has 2 N–H and O–H groups in total. The van der Waals surface area contributed by atoms with E-state index in [-0.39, 0.29) is 11.3 Å². The number of para-hydroxylation sites is 1. The number of hydrogen-bond donors (Lipinski definition) is 2. The van der Waals surface area contributed by atoms with Crippen molar-refractivity contribution in [2.24, 2.45) is 0 Å². The maximum absolute atomic E-state index is 12.0. The van der Waals surface area contributed by atoms with Gasteiger partial charge in [-0.25, -0.2) is 0 Å². The smallest absolute Gasteiger partial charge is 0.282 e. The number of aliphatic hydroxyl groups excluding tert-OH is 1. The third kappa shape index (κ3) is 3.04. The highest BCUT2D eigenvalue weighted by atomic mass is 16.6. The minimum absolute atomic E-state index is 0.0174. The number of rotatable bonds is 4. The SMILES string of the molecule is CC(O)C(C)(C)NC(=O)c1ccccc1[N+](=O)[O-]. The van der Waals surface area contributed by atoms with E-state index in [1.54, 1.807) is 26.8 Å². The van der Waals surface area contributed by atoms with Gasteiger partial charge in [0, 0.05) is 6.07 Å². The Morgan fingerprint density at radius 3 is 2.50 bits per heavy atom. The molecule has 0 saturated heterocycles. The molecular weight excluding hydrogens is 236 g/mol. The molecule has 0 radical (unpaired) electrons. The molecule has 0 spiro atoms. The van der Waals surface area contributed by atoms with Crippen molar-refractivity contribution in [2.75, 3.05) is 0 Å². The maximum atomic E-state index is 12.0. The van der Waals surface area contributed by atoms with Crippen molar-refractivity contribution in [3.63, 3.8) is 0 Å². The summed E-state index contributed by atoms with van der Waals surface area (Å²) in [5, 5.41) is 22.9. The molecule has 1 aromatic carbocycles. The molecule has 98 valence electrons. The number of carbonyl (C=O) groups excluding carboxylic acids is 1. The number of hydrogen-bond acceptors (Lipinski definition) is 4. The van der Waals surface area contributed by atoms with Gasteiger partial charge in [-0.3, -0.25) is 14.9 Å². The third-order valence-corrected chi connectivity index (χ3v) is 2.83. The van der Waals surface area contributed by atoms with E-state index in [2.05, 4.69) is 5.32 Å². The molecule has 0 aliphatic carbocycles. The molecule has 0 fully saturated rings. The summed E-state index contributed by atoms with van der Waals surface area (Å²) >= 11 is 0. The fourth-order valence-electron chi connectivity index (χ4n) is 1.29. The van der Waals surface area contributed by atoms with Crippen molar-refractivity contribution in [1.29, 1.82) is 0 Å². The highest BCUT2D eigenvalue weighted by Gasteiger charge is 2.29. The summed E-state index contributed by atoms with van der Waals surface area (Å²) in [5.74, 6) is -0.576. The number of nitrogens with zero attached hydrogens (tertiary/aromatic N) is 1. The molecule has 0 heterocycles. The van der Waals surface area contributed by atoms with Crippen LogP contribution in [0, 0.1) is 10.1 Å². The fourth-order valence-corrected chi connectivity index (χ4v) is 1.29. The normalized spacial score (nSPS) is 12.9. The lowest BCUT2D eigenvalue weighted by Crippen LogP contribution is -2.51. The lowest BCUT2D eigenvalue weighted by molar-refractivity contribution is -0.385. The van der Waals surface area contributed by atoms with Crippen LogP contribution in [0.15, 0.2) is 24.3 Å². The molecule has 0 aliphatic heterocycles. The first kappa shape index (κ1) is 14.1. The van der Waals surface area contributed by atoms with Gasteiger partial charge in [-0.2, -0.15) is 0 Å². The van der Waals surface area contributed by atoms with E-state index in [9.17, 15) is 20.0 Å². The average molecular weight is 252 g/mol. The van der Waals surface area contributed by atoms with Gasteiger partial charge in [-0.15, -0.1) is 0 Å². The Morgan fingerprint density at radius 1 is 1.44 bits per heavy atom. The lowest BCUT2D eigenvalue weighted by Gasteiger charge is -2.29. The predicted octanol–water partition coefficient (Wildman–Crippen LogP) is 1.48. The van der Waals surface area contributed by atoms with Gasteiger partial charge in [0.15, 0.2) is 0 Å². The van der Waals surface area contributed by atoms with Crippen LogP contribution in [-0.2, 0) is 0 Å². The molecule has 0 bridgehead atoms. The summed E-state index contributed by atoms with van der Waals surface area (Å²) in [7, 11) is 0. The number of nitro groups is 1. The Kier molecular flexibility index (Phi) is 4.03. The summed E-state index contributed by atoms with van der Waals surface area (Å²) in [6, 6.07) is 5.70. The van der Waals surface area contributed by atoms with Gasteiger partial charge in [0.05, 0.1) is 16.6 Å². The van der Waals surface area contributed by atoms with Crippen LogP contribution in [0.25, 0.3) is 0 Å². The maximum Gasteiger partial charge on any atom is 0.282 e. The Bertz CT molecular complexity index is 469. The Labute approximate surface area is 105 Å². The summed E-state index contributed by atoms with van der Waals surface area (Å²) in [6.07, 6.45) is -0.774. The monoisotopic (exact) mass is 252 g/mol. The highest BCUT2D eigenvalue weighted by Crippen LogP contribution is 2.19. The van der Waals surface area contributed by atoms with E-state index >= 15 is 0 Å². The Balaban J connectivity index is 3.02. The molecule has 6 nitrogen and oxygen atoms in total. The molecule has 1 aromatic rings. The van der Waals surface area contributed by atoms with E-state index in [1.165, 1.54) is 18.2 Å². The molecule has 1 rings (SSSR count). The third-order valence-electron chi connectivity index (χ3n) is 2.83. The molecule has 0 aromatic heterocycles. The fraction of sp³-hybridized carbons (Fsp3) is 0.417. The van der Waals surface area contributed by atoms with E-state index < -0.39 is 22.5 Å². The van der Waals surface area contributed by atoms with Gasteiger partial charge in [-0.05, 0) is 26.8 Å². The van der Waals surface area contributed by atoms with Crippen molar-refractivity contribution in [1.82, 2.24) is 5.32 Å². The van der Waals surface area contributed by atoms with E-state index in [4.69, 9.17) is 0 Å². The van der Waals surface area contributed by atoms with Crippen LogP contribution in [0.1, 0.15) is 31.1 Å². The quantitative estimate of drug-likeness (QED) is 0.627. The Hall–Kier alpha value is -1.95. The standard InChI is InChI=1S/C12H16N2O4/c1-8(15)12(2,3)13-11(16)9-6-4-5-7-10(9)14(17)18/h4-8,15H,1-3H3,(H,13,16).